The normalized spacial score (nSPS) is 50.2. The summed E-state index contributed by atoms with van der Waals surface area (Å²) in [5.74, 6) is -2.89. The second-order valence-corrected chi connectivity index (χ2v) is 20.5. The van der Waals surface area contributed by atoms with Gasteiger partial charge in [0, 0.05) is 39.9 Å². The maximum atomic E-state index is 16.8. The standard InChI is InChI=1S/C25H34O6.C22H26ClFO4/c1-4-5-21-30-20-11-17-16-7-6-14-10-15(27)8-9-23(14,2)22(16)18(28)12-24(17,3)25(20,31-21)19(29)13-26;1-12-8-16-15-5-4-13-9-14(25)6-7-19(13,2)21(15,24)17(26)10-20(16,3)22(12,28)18(27)11-23/h8-10,16-18,20-22,26,28H,4-7,11-13H2,1-3H3;6-7,9,12,15-16,28H,4-5,8,10-11H2,1-3H3/t16-,17-,18-,20+,21+,22+,23-,24-,25+;12-,15-,16-,19-,20-,21-,22-/m00/s1. The van der Waals surface area contributed by atoms with Crippen molar-refractivity contribution in [1.82, 2.24) is 0 Å². The van der Waals surface area contributed by atoms with Crippen LogP contribution in [0.4, 0.5) is 4.39 Å². The van der Waals surface area contributed by atoms with Crippen LogP contribution in [-0.2, 0) is 33.4 Å². The first-order valence-corrected chi connectivity index (χ1v) is 22.3. The Morgan fingerprint density at radius 3 is 2.24 bits per heavy atom. The van der Waals surface area contributed by atoms with Crippen LogP contribution in [0.25, 0.3) is 0 Å². The lowest BCUT2D eigenvalue weighted by molar-refractivity contribution is -0.200. The molecule has 0 aromatic heterocycles. The SMILES string of the molecule is CCC[C@@H]1O[C@@H]2C[C@H]3[C@@H]4CCC5=CC(=O)C=C[C@]5(C)[C@H]4[C@@H](O)C[C@]3(C)[C@]2(C(=O)CO)O1.C[C@H]1C[C@H]2[C@@H]3CCC4=CC(=O)C=C[C@]4(C)[C@@]3(F)C(=O)C[C@]2(C)[C@@]1(O)C(=O)CCl. The number of allylic oxidation sites excluding steroid dienone is 8. The molecule has 0 radical (unpaired) electrons. The molecule has 12 heteroatoms. The number of ketones is 5. The van der Waals surface area contributed by atoms with Gasteiger partial charge in [-0.3, -0.25) is 24.0 Å². The summed E-state index contributed by atoms with van der Waals surface area (Å²) in [7, 11) is 0. The van der Waals surface area contributed by atoms with E-state index in [1.54, 1.807) is 39.0 Å². The van der Waals surface area contributed by atoms with E-state index in [1.165, 1.54) is 12.2 Å². The molecule has 0 spiro atoms. The maximum Gasteiger partial charge on any atom is 0.193 e. The van der Waals surface area contributed by atoms with E-state index in [4.69, 9.17) is 21.1 Å². The third kappa shape index (κ3) is 5.42. The van der Waals surface area contributed by atoms with Crippen molar-refractivity contribution in [2.24, 2.45) is 57.2 Å². The summed E-state index contributed by atoms with van der Waals surface area (Å²) in [6.45, 7) is 10.9. The Kier molecular flexibility index (Phi) is 10.3. The Morgan fingerprint density at radius 2 is 1.58 bits per heavy atom. The topological polar surface area (TPSA) is 164 Å². The molecule has 322 valence electrons. The molecule has 59 heavy (non-hydrogen) atoms. The average molecular weight is 839 g/mol. The van der Waals surface area contributed by atoms with Gasteiger partial charge in [-0.1, -0.05) is 64.3 Å². The zero-order valence-corrected chi connectivity index (χ0v) is 35.9. The molecule has 0 unspecified atom stereocenters. The summed E-state index contributed by atoms with van der Waals surface area (Å²) in [6, 6.07) is 0. The van der Waals surface area contributed by atoms with Crippen molar-refractivity contribution >= 4 is 40.5 Å². The predicted molar refractivity (Wildman–Crippen MR) is 215 cm³/mol. The number of Topliss-reactive ketones (excluding diaryl/α,β-unsaturated/α-hetero) is 3. The van der Waals surface area contributed by atoms with Crippen LogP contribution in [0.5, 0.6) is 0 Å². The quantitative estimate of drug-likeness (QED) is 0.268. The van der Waals surface area contributed by atoms with Crippen molar-refractivity contribution in [2.75, 3.05) is 12.5 Å². The number of aliphatic hydroxyl groups excluding tert-OH is 2. The summed E-state index contributed by atoms with van der Waals surface area (Å²) in [6.07, 6.45) is 13.9. The highest BCUT2D eigenvalue weighted by molar-refractivity contribution is 6.29. The molecule has 10 nitrogen and oxygen atoms in total. The Balaban J connectivity index is 0.000000165. The lowest BCUT2D eigenvalue weighted by atomic mass is 9.45. The van der Waals surface area contributed by atoms with E-state index in [0.717, 1.165) is 24.8 Å². The highest BCUT2D eigenvalue weighted by Crippen LogP contribution is 2.71. The summed E-state index contributed by atoms with van der Waals surface area (Å²) in [5.41, 5.74) is -6.47. The second kappa shape index (κ2) is 14.2. The van der Waals surface area contributed by atoms with E-state index in [2.05, 4.69) is 20.8 Å². The van der Waals surface area contributed by atoms with Crippen LogP contribution in [0.1, 0.15) is 106 Å². The van der Waals surface area contributed by atoms with Crippen LogP contribution in [0.3, 0.4) is 0 Å². The van der Waals surface area contributed by atoms with Gasteiger partial charge in [-0.25, -0.2) is 4.39 Å². The number of hydrogen-bond acceptors (Lipinski definition) is 10. The third-order valence-electron chi connectivity index (χ3n) is 17.9. The molecule has 0 aromatic carbocycles. The molecule has 9 rings (SSSR count). The number of halogens is 2. The van der Waals surface area contributed by atoms with Crippen LogP contribution in [0.2, 0.25) is 0 Å². The fraction of sp³-hybridized carbons (Fsp3) is 0.723. The van der Waals surface area contributed by atoms with E-state index >= 15 is 4.39 Å². The summed E-state index contributed by atoms with van der Waals surface area (Å²) in [5, 5.41) is 32.8. The molecule has 3 N–H and O–H groups in total. The number of carbonyl (C=O) groups is 5. The second-order valence-electron chi connectivity index (χ2n) is 20.3. The molecule has 1 heterocycles. The molecular formula is C47H60ClFO10. The fourth-order valence-electron chi connectivity index (χ4n) is 15.1. The monoisotopic (exact) mass is 838 g/mol. The molecule has 7 fully saturated rings. The highest BCUT2D eigenvalue weighted by Gasteiger charge is 2.77. The minimum Gasteiger partial charge on any atom is -0.393 e. The average Bonchev–Trinajstić information content (AvgIpc) is 3.75. The molecule has 8 aliphatic carbocycles. The van der Waals surface area contributed by atoms with Crippen molar-refractivity contribution in [2.45, 2.75) is 141 Å². The van der Waals surface area contributed by atoms with Gasteiger partial charge in [0.1, 0.15) is 12.2 Å². The zero-order chi connectivity index (χ0) is 42.9. The first-order chi connectivity index (χ1) is 27.7. The number of carbonyl (C=O) groups excluding carboxylic acids is 5. The molecule has 1 saturated heterocycles. The molecule has 16 atom stereocenters. The van der Waals surface area contributed by atoms with Crippen LogP contribution < -0.4 is 0 Å². The van der Waals surface area contributed by atoms with E-state index in [9.17, 15) is 39.3 Å². The molecule has 0 bridgehead atoms. The van der Waals surface area contributed by atoms with Gasteiger partial charge in [-0.05, 0) is 106 Å². The molecule has 0 amide bonds. The van der Waals surface area contributed by atoms with E-state index in [-0.39, 0.29) is 58.7 Å². The fourth-order valence-corrected chi connectivity index (χ4v) is 15.3. The van der Waals surface area contributed by atoms with E-state index in [1.807, 2.05) is 6.08 Å². The molecule has 9 aliphatic rings. The number of fused-ring (bicyclic) bond motifs is 12. The van der Waals surface area contributed by atoms with Crippen LogP contribution >= 0.6 is 11.6 Å². The lowest BCUT2D eigenvalue weighted by Crippen LogP contribution is -2.68. The predicted octanol–water partition coefficient (Wildman–Crippen LogP) is 6.07. The Labute approximate surface area is 351 Å². The van der Waals surface area contributed by atoms with E-state index in [0.29, 0.717) is 44.1 Å². The van der Waals surface area contributed by atoms with Gasteiger partial charge in [0.2, 0.25) is 0 Å². The van der Waals surface area contributed by atoms with Crippen LogP contribution in [0, 0.1) is 57.2 Å². The van der Waals surface area contributed by atoms with Gasteiger partial charge < -0.3 is 24.8 Å². The van der Waals surface area contributed by atoms with Crippen molar-refractivity contribution in [3.05, 3.63) is 47.6 Å². The number of alkyl halides is 2. The number of aliphatic hydroxyl groups is 3. The Bertz CT molecular complexity index is 1990. The van der Waals surface area contributed by atoms with Gasteiger partial charge in [-0.2, -0.15) is 0 Å². The van der Waals surface area contributed by atoms with Crippen LogP contribution in [0.15, 0.2) is 47.6 Å². The van der Waals surface area contributed by atoms with Gasteiger partial charge in [0.25, 0.3) is 0 Å². The Morgan fingerprint density at radius 1 is 0.915 bits per heavy atom. The van der Waals surface area contributed by atoms with Crippen molar-refractivity contribution < 1.29 is 53.2 Å². The molecular weight excluding hydrogens is 779 g/mol. The van der Waals surface area contributed by atoms with E-state index < -0.39 is 81.6 Å². The maximum absolute atomic E-state index is 16.8. The third-order valence-corrected chi connectivity index (χ3v) is 18.1. The lowest BCUT2D eigenvalue weighted by Gasteiger charge is -2.59. The summed E-state index contributed by atoms with van der Waals surface area (Å²) >= 11 is 5.79. The first-order valence-electron chi connectivity index (χ1n) is 21.8. The van der Waals surface area contributed by atoms with Gasteiger partial charge in [0.15, 0.2) is 46.5 Å². The Hall–Kier alpha value is -2.67. The van der Waals surface area contributed by atoms with Gasteiger partial charge >= 0.3 is 0 Å². The minimum absolute atomic E-state index is 0.0125. The van der Waals surface area contributed by atoms with Crippen molar-refractivity contribution in [3.63, 3.8) is 0 Å². The minimum atomic E-state index is -2.15. The zero-order valence-electron chi connectivity index (χ0n) is 35.1. The largest absolute Gasteiger partial charge is 0.393 e. The smallest absolute Gasteiger partial charge is 0.193 e. The number of hydrogen-bond donors (Lipinski definition) is 3. The first kappa shape index (κ1) is 43.0. The number of ether oxygens (including phenoxy) is 2. The summed E-state index contributed by atoms with van der Waals surface area (Å²) < 4.78 is 29.4. The summed E-state index contributed by atoms with van der Waals surface area (Å²) in [4.78, 5) is 63.0. The molecule has 1 aliphatic heterocycles. The van der Waals surface area contributed by atoms with Gasteiger partial charge in [0.05, 0.1) is 18.1 Å². The number of rotatable bonds is 6. The molecule has 0 aromatic rings. The highest BCUT2D eigenvalue weighted by atomic mass is 35.5. The van der Waals surface area contributed by atoms with Crippen molar-refractivity contribution in [1.29, 1.82) is 0 Å². The van der Waals surface area contributed by atoms with Crippen molar-refractivity contribution in [3.8, 4) is 0 Å². The van der Waals surface area contributed by atoms with Gasteiger partial charge in [-0.15, -0.1) is 11.6 Å². The molecule has 6 saturated carbocycles. The van der Waals surface area contributed by atoms with Crippen LogP contribution in [-0.4, -0.2) is 92.1 Å².